The van der Waals surface area contributed by atoms with Gasteiger partial charge in [0.15, 0.2) is 0 Å². The number of carbonyl (C=O) groups excluding carboxylic acids is 1. The van der Waals surface area contributed by atoms with Crippen LogP contribution in [0.5, 0.6) is 11.5 Å². The number of nitrogens with zero attached hydrogens (tertiary/aromatic N) is 3. The van der Waals surface area contributed by atoms with E-state index in [1.807, 2.05) is 17.5 Å². The van der Waals surface area contributed by atoms with Gasteiger partial charge in [0.2, 0.25) is 11.9 Å². The van der Waals surface area contributed by atoms with Gasteiger partial charge in [0.25, 0.3) is 11.3 Å². The molecule has 0 atom stereocenters. The molecule has 3 aromatic heterocycles. The first-order valence-electron chi connectivity index (χ1n) is 10.2. The van der Waals surface area contributed by atoms with Crippen LogP contribution in [0.1, 0.15) is 22.6 Å². The van der Waals surface area contributed by atoms with Crippen LogP contribution >= 0.6 is 11.3 Å². The molecular formula is C22H24N6O4S. The van der Waals surface area contributed by atoms with E-state index in [0.29, 0.717) is 40.9 Å². The molecule has 0 spiro atoms. The Labute approximate surface area is 193 Å². The fourth-order valence-corrected chi connectivity index (χ4v) is 4.00. The van der Waals surface area contributed by atoms with Crippen molar-refractivity contribution in [1.29, 1.82) is 0 Å². The van der Waals surface area contributed by atoms with E-state index in [2.05, 4.69) is 25.7 Å². The highest BCUT2D eigenvalue weighted by Gasteiger charge is 2.16. The summed E-state index contributed by atoms with van der Waals surface area (Å²) in [4.78, 5) is 35.5. The Bertz CT molecular complexity index is 1330. The molecule has 0 saturated heterocycles. The van der Waals surface area contributed by atoms with Crippen LogP contribution in [0, 0.1) is 6.92 Å². The van der Waals surface area contributed by atoms with Gasteiger partial charge in [-0.25, -0.2) is 4.98 Å². The first-order chi connectivity index (χ1) is 16.0. The molecule has 10 nitrogen and oxygen atoms in total. The summed E-state index contributed by atoms with van der Waals surface area (Å²) < 4.78 is 11.8. The van der Waals surface area contributed by atoms with Crippen molar-refractivity contribution in [2.75, 3.05) is 24.9 Å². The Kier molecular flexibility index (Phi) is 6.59. The van der Waals surface area contributed by atoms with Gasteiger partial charge in [-0.1, -0.05) is 6.07 Å². The SMILES string of the molecule is COc1ccc(NC(=O)CCc2c(C)nc3nc(NCc4cccs4)[nH]n3c2=O)c(OC)c1. The Morgan fingerprint density at radius 1 is 1.21 bits per heavy atom. The molecule has 4 aromatic rings. The van der Waals surface area contributed by atoms with Crippen molar-refractivity contribution in [2.24, 2.45) is 0 Å². The van der Waals surface area contributed by atoms with Crippen LogP contribution in [0.4, 0.5) is 11.6 Å². The van der Waals surface area contributed by atoms with Gasteiger partial charge in [-0.2, -0.15) is 9.50 Å². The highest BCUT2D eigenvalue weighted by Crippen LogP contribution is 2.29. The number of amides is 1. The maximum absolute atomic E-state index is 13.0. The minimum atomic E-state index is -0.274. The monoisotopic (exact) mass is 468 g/mol. The smallest absolute Gasteiger partial charge is 0.277 e. The normalized spacial score (nSPS) is 10.9. The average molecular weight is 469 g/mol. The molecule has 11 heteroatoms. The highest BCUT2D eigenvalue weighted by molar-refractivity contribution is 7.09. The third-order valence-electron chi connectivity index (χ3n) is 5.09. The molecule has 1 aromatic carbocycles. The van der Waals surface area contributed by atoms with Crippen molar-refractivity contribution >= 4 is 34.7 Å². The molecule has 172 valence electrons. The van der Waals surface area contributed by atoms with Crippen molar-refractivity contribution in [1.82, 2.24) is 19.6 Å². The second kappa shape index (κ2) is 9.74. The number of aryl methyl sites for hydroxylation is 1. The minimum Gasteiger partial charge on any atom is -0.497 e. The summed E-state index contributed by atoms with van der Waals surface area (Å²) in [7, 11) is 3.07. The molecule has 0 aliphatic carbocycles. The number of methoxy groups -OCH3 is 2. The lowest BCUT2D eigenvalue weighted by Gasteiger charge is -2.11. The third-order valence-corrected chi connectivity index (χ3v) is 5.97. The molecule has 0 aliphatic rings. The minimum absolute atomic E-state index is 0.108. The van der Waals surface area contributed by atoms with E-state index in [1.165, 1.54) is 11.6 Å². The van der Waals surface area contributed by atoms with E-state index in [0.717, 1.165) is 4.88 Å². The van der Waals surface area contributed by atoms with Crippen molar-refractivity contribution in [2.45, 2.75) is 26.3 Å². The Balaban J connectivity index is 1.46. The van der Waals surface area contributed by atoms with Crippen LogP contribution in [0.25, 0.3) is 5.78 Å². The summed E-state index contributed by atoms with van der Waals surface area (Å²) in [6.07, 6.45) is 0.346. The third kappa shape index (κ3) is 4.98. The number of carbonyl (C=O) groups is 1. The predicted octanol–water partition coefficient (Wildman–Crippen LogP) is 2.99. The van der Waals surface area contributed by atoms with E-state index < -0.39 is 0 Å². The van der Waals surface area contributed by atoms with E-state index in [1.54, 1.807) is 43.6 Å². The van der Waals surface area contributed by atoms with Gasteiger partial charge in [-0.05, 0) is 36.9 Å². The van der Waals surface area contributed by atoms with Crippen LogP contribution in [0.15, 0.2) is 40.5 Å². The number of ether oxygens (including phenoxy) is 2. The Hall–Kier alpha value is -3.86. The number of hydrogen-bond acceptors (Lipinski definition) is 8. The maximum atomic E-state index is 13.0. The fraction of sp³-hybridized carbons (Fsp3) is 0.273. The lowest BCUT2D eigenvalue weighted by molar-refractivity contribution is -0.116. The molecule has 0 aliphatic heterocycles. The first kappa shape index (κ1) is 22.3. The molecule has 0 unspecified atom stereocenters. The Morgan fingerprint density at radius 2 is 2.06 bits per heavy atom. The molecule has 0 radical (unpaired) electrons. The highest BCUT2D eigenvalue weighted by atomic mass is 32.1. The number of hydrogen-bond donors (Lipinski definition) is 3. The fourth-order valence-electron chi connectivity index (χ4n) is 3.36. The summed E-state index contributed by atoms with van der Waals surface area (Å²) in [5.74, 6) is 1.60. The molecule has 4 rings (SSSR count). The van der Waals surface area contributed by atoms with Gasteiger partial charge in [0.1, 0.15) is 11.5 Å². The van der Waals surface area contributed by atoms with Gasteiger partial charge in [0, 0.05) is 22.9 Å². The second-order valence-electron chi connectivity index (χ2n) is 7.24. The standard InChI is InChI=1S/C22H24N6O4S/c1-13-16(7-9-19(29)25-17-8-6-14(31-2)11-18(17)32-3)20(30)28-22(24-13)26-21(27-28)23-12-15-5-4-10-33-15/h4-6,8,10-11H,7,9,12H2,1-3H3,(H,25,29)(H2,23,24,26,27). The summed E-state index contributed by atoms with van der Waals surface area (Å²) >= 11 is 1.63. The molecule has 0 bridgehead atoms. The summed E-state index contributed by atoms with van der Waals surface area (Å²) in [5.41, 5.74) is 1.26. The number of nitrogens with one attached hydrogen (secondary N) is 3. The zero-order valence-corrected chi connectivity index (χ0v) is 19.3. The molecule has 3 N–H and O–H groups in total. The largest absolute Gasteiger partial charge is 0.497 e. The van der Waals surface area contributed by atoms with Crippen LogP contribution in [-0.2, 0) is 17.8 Å². The summed E-state index contributed by atoms with van der Waals surface area (Å²) in [6, 6.07) is 9.11. The van der Waals surface area contributed by atoms with Crippen LogP contribution < -0.4 is 25.7 Å². The molecule has 3 heterocycles. The maximum Gasteiger partial charge on any atom is 0.277 e. The molecule has 1 amide bonds. The molecular weight excluding hydrogens is 444 g/mol. The number of fused-ring (bicyclic) bond motifs is 1. The van der Waals surface area contributed by atoms with Crippen molar-refractivity contribution in [3.63, 3.8) is 0 Å². The van der Waals surface area contributed by atoms with Gasteiger partial charge < -0.3 is 20.1 Å². The lowest BCUT2D eigenvalue weighted by atomic mass is 10.1. The quantitative estimate of drug-likeness (QED) is 0.345. The molecule has 33 heavy (non-hydrogen) atoms. The van der Waals surface area contributed by atoms with Crippen molar-refractivity contribution in [3.05, 3.63) is 62.2 Å². The average Bonchev–Trinajstić information content (AvgIpc) is 3.47. The second-order valence-corrected chi connectivity index (χ2v) is 8.27. The molecule has 0 fully saturated rings. The number of H-pyrrole nitrogens is 1. The predicted molar refractivity (Wildman–Crippen MR) is 126 cm³/mol. The number of aromatic nitrogens is 4. The van der Waals surface area contributed by atoms with Crippen molar-refractivity contribution in [3.8, 4) is 11.5 Å². The lowest BCUT2D eigenvalue weighted by Crippen LogP contribution is -2.23. The van der Waals surface area contributed by atoms with Crippen molar-refractivity contribution < 1.29 is 14.3 Å². The van der Waals surface area contributed by atoms with E-state index in [-0.39, 0.29) is 30.1 Å². The van der Waals surface area contributed by atoms with Gasteiger partial charge in [-0.15, -0.1) is 11.3 Å². The topological polar surface area (TPSA) is 123 Å². The number of anilines is 2. The van der Waals surface area contributed by atoms with E-state index in [9.17, 15) is 9.59 Å². The summed E-state index contributed by atoms with van der Waals surface area (Å²) in [5, 5.41) is 10.9. The number of benzene rings is 1. The van der Waals surface area contributed by atoms with E-state index >= 15 is 0 Å². The zero-order chi connectivity index (χ0) is 23.4. The van der Waals surface area contributed by atoms with Crippen LogP contribution in [0.2, 0.25) is 0 Å². The number of aromatic amines is 1. The van der Waals surface area contributed by atoms with Crippen LogP contribution in [0.3, 0.4) is 0 Å². The van der Waals surface area contributed by atoms with Crippen LogP contribution in [-0.4, -0.2) is 39.7 Å². The first-order valence-corrected chi connectivity index (χ1v) is 11.1. The molecule has 0 saturated carbocycles. The van der Waals surface area contributed by atoms with Gasteiger partial charge in [0.05, 0.1) is 32.1 Å². The van der Waals surface area contributed by atoms with Gasteiger partial charge >= 0.3 is 0 Å². The number of thiophene rings is 1. The van der Waals surface area contributed by atoms with Gasteiger partial charge in [-0.3, -0.25) is 14.7 Å². The number of rotatable bonds is 9. The summed E-state index contributed by atoms with van der Waals surface area (Å²) in [6.45, 7) is 2.33. The zero-order valence-electron chi connectivity index (χ0n) is 18.5. The Morgan fingerprint density at radius 3 is 2.79 bits per heavy atom. The van der Waals surface area contributed by atoms with E-state index in [4.69, 9.17) is 9.47 Å².